The molecule has 8 nitrogen and oxygen atoms in total. The number of aromatic nitrogens is 3. The van der Waals surface area contributed by atoms with Crippen molar-refractivity contribution in [1.82, 2.24) is 19.9 Å². The summed E-state index contributed by atoms with van der Waals surface area (Å²) in [5, 5.41) is 13.1. The zero-order chi connectivity index (χ0) is 26.6. The SMILES string of the molecule is CCC(C#N)(CC)n1cc(-c2cncc(C(=O)C=C(N)c3ccc(CNC4CC4)cc3F)n2)ccc1=O. The Bertz CT molecular complexity index is 1450. The molecule has 4 rings (SSSR count). The van der Waals surface area contributed by atoms with Crippen molar-refractivity contribution in [3.63, 3.8) is 0 Å². The molecule has 37 heavy (non-hydrogen) atoms. The number of hydrogen-bond acceptors (Lipinski definition) is 7. The molecule has 1 aliphatic carbocycles. The average molecular weight is 501 g/mol. The van der Waals surface area contributed by atoms with Crippen LogP contribution in [0.2, 0.25) is 0 Å². The lowest BCUT2D eigenvalue weighted by molar-refractivity contribution is 0.104. The summed E-state index contributed by atoms with van der Waals surface area (Å²) in [6.45, 7) is 4.28. The van der Waals surface area contributed by atoms with Crippen LogP contribution in [0, 0.1) is 17.1 Å². The van der Waals surface area contributed by atoms with Crippen molar-refractivity contribution in [2.24, 2.45) is 5.73 Å². The number of nitrogens with two attached hydrogens (primary N) is 1. The molecule has 2 aromatic heterocycles. The maximum Gasteiger partial charge on any atom is 0.251 e. The van der Waals surface area contributed by atoms with Crippen LogP contribution in [0.3, 0.4) is 0 Å². The molecule has 1 saturated carbocycles. The monoisotopic (exact) mass is 500 g/mol. The third kappa shape index (κ3) is 5.65. The Hall–Kier alpha value is -4.16. The second-order valence-electron chi connectivity index (χ2n) is 9.20. The zero-order valence-corrected chi connectivity index (χ0v) is 20.9. The van der Waals surface area contributed by atoms with Crippen molar-refractivity contribution < 1.29 is 9.18 Å². The number of nitrogens with one attached hydrogen (secondary N) is 1. The van der Waals surface area contributed by atoms with Crippen LogP contribution >= 0.6 is 0 Å². The third-order valence-electron chi connectivity index (χ3n) is 6.74. The highest BCUT2D eigenvalue weighted by molar-refractivity contribution is 6.07. The number of ketones is 1. The van der Waals surface area contributed by atoms with Gasteiger partial charge in [0, 0.05) is 47.7 Å². The Morgan fingerprint density at radius 3 is 2.68 bits per heavy atom. The van der Waals surface area contributed by atoms with E-state index in [2.05, 4.69) is 21.4 Å². The number of nitriles is 1. The van der Waals surface area contributed by atoms with Gasteiger partial charge in [-0.3, -0.25) is 19.1 Å². The molecule has 1 aromatic carbocycles. The molecular formula is C28H29FN6O2. The minimum Gasteiger partial charge on any atom is -0.398 e. The number of rotatable bonds is 10. The Kier molecular flexibility index (Phi) is 7.60. The van der Waals surface area contributed by atoms with Gasteiger partial charge in [-0.05, 0) is 49.4 Å². The van der Waals surface area contributed by atoms with Gasteiger partial charge in [0.05, 0.1) is 24.2 Å². The van der Waals surface area contributed by atoms with Gasteiger partial charge < -0.3 is 11.1 Å². The van der Waals surface area contributed by atoms with Gasteiger partial charge in [-0.15, -0.1) is 0 Å². The molecule has 1 fully saturated rings. The van der Waals surface area contributed by atoms with Crippen LogP contribution in [-0.4, -0.2) is 26.4 Å². The summed E-state index contributed by atoms with van der Waals surface area (Å²) < 4.78 is 16.1. The fourth-order valence-corrected chi connectivity index (χ4v) is 4.14. The fourth-order valence-electron chi connectivity index (χ4n) is 4.14. The summed E-state index contributed by atoms with van der Waals surface area (Å²) in [7, 11) is 0. The van der Waals surface area contributed by atoms with Gasteiger partial charge >= 0.3 is 0 Å². The molecule has 0 saturated heterocycles. The summed E-state index contributed by atoms with van der Waals surface area (Å²) in [4.78, 5) is 34.0. The number of carbonyl (C=O) groups excluding carboxylic acids is 1. The molecule has 0 spiro atoms. The summed E-state index contributed by atoms with van der Waals surface area (Å²) in [6.07, 6.45) is 8.65. The zero-order valence-electron chi connectivity index (χ0n) is 20.9. The second-order valence-corrected chi connectivity index (χ2v) is 9.20. The van der Waals surface area contributed by atoms with E-state index in [1.807, 2.05) is 13.8 Å². The Morgan fingerprint density at radius 1 is 1.27 bits per heavy atom. The summed E-state index contributed by atoms with van der Waals surface area (Å²) >= 11 is 0. The van der Waals surface area contributed by atoms with Gasteiger partial charge in [-0.1, -0.05) is 19.9 Å². The molecule has 190 valence electrons. The summed E-state index contributed by atoms with van der Waals surface area (Å²) in [6, 6.07) is 10.5. The summed E-state index contributed by atoms with van der Waals surface area (Å²) in [5.74, 6) is -1.04. The van der Waals surface area contributed by atoms with Gasteiger partial charge in [-0.25, -0.2) is 9.37 Å². The van der Waals surface area contributed by atoms with Crippen LogP contribution < -0.4 is 16.6 Å². The van der Waals surface area contributed by atoms with E-state index in [0.29, 0.717) is 36.7 Å². The lowest BCUT2D eigenvalue weighted by Gasteiger charge is -2.26. The van der Waals surface area contributed by atoms with E-state index in [9.17, 15) is 19.2 Å². The molecule has 0 bridgehead atoms. The van der Waals surface area contributed by atoms with Gasteiger partial charge in [0.1, 0.15) is 17.1 Å². The molecule has 0 unspecified atom stereocenters. The van der Waals surface area contributed by atoms with Crippen molar-refractivity contribution >= 4 is 11.5 Å². The highest BCUT2D eigenvalue weighted by Crippen LogP contribution is 2.25. The molecule has 0 aliphatic heterocycles. The van der Waals surface area contributed by atoms with Crippen molar-refractivity contribution in [1.29, 1.82) is 5.26 Å². The fraction of sp³-hybridized carbons (Fsp3) is 0.321. The minimum absolute atomic E-state index is 0.0152. The average Bonchev–Trinajstić information content (AvgIpc) is 3.74. The molecule has 0 atom stereocenters. The smallest absolute Gasteiger partial charge is 0.251 e. The number of carbonyl (C=O) groups is 1. The Morgan fingerprint density at radius 2 is 2.03 bits per heavy atom. The lowest BCUT2D eigenvalue weighted by atomic mass is 9.94. The van der Waals surface area contributed by atoms with Gasteiger partial charge in [0.25, 0.3) is 5.56 Å². The first kappa shape index (κ1) is 25.9. The van der Waals surface area contributed by atoms with E-state index in [1.165, 1.54) is 29.1 Å². The summed E-state index contributed by atoms with van der Waals surface area (Å²) in [5.41, 5.74) is 6.58. The number of pyridine rings is 1. The van der Waals surface area contributed by atoms with E-state index in [1.54, 1.807) is 24.4 Å². The highest BCUT2D eigenvalue weighted by atomic mass is 19.1. The van der Waals surface area contributed by atoms with Crippen LogP contribution in [0.5, 0.6) is 0 Å². The van der Waals surface area contributed by atoms with Crippen molar-refractivity contribution in [3.8, 4) is 17.3 Å². The van der Waals surface area contributed by atoms with Gasteiger partial charge in [-0.2, -0.15) is 5.26 Å². The second kappa shape index (κ2) is 10.8. The highest BCUT2D eigenvalue weighted by Gasteiger charge is 2.29. The maximum absolute atomic E-state index is 14.7. The molecule has 1 aliphatic rings. The Labute approximate surface area is 214 Å². The molecule has 9 heteroatoms. The van der Waals surface area contributed by atoms with Crippen molar-refractivity contribution in [2.75, 3.05) is 0 Å². The van der Waals surface area contributed by atoms with Crippen LogP contribution in [0.1, 0.15) is 61.1 Å². The minimum atomic E-state index is -0.987. The van der Waals surface area contributed by atoms with E-state index >= 15 is 0 Å². The molecular weight excluding hydrogens is 471 g/mol. The van der Waals surface area contributed by atoms with E-state index in [0.717, 1.165) is 24.5 Å². The standard InChI is InChI=1S/C28H29FN6O2/c1-3-28(4-2,17-30)35-16-19(6-10-27(35)37)24-14-32-15-25(34-24)26(36)12-23(31)21-9-5-18(11-22(21)29)13-33-20-7-8-20/h5-6,9-12,14-16,20,33H,3-4,7-8,13,31H2,1-2H3. The number of allylic oxidation sites excluding steroid dienone is 1. The molecule has 0 amide bonds. The topological polar surface area (TPSA) is 127 Å². The van der Waals surface area contributed by atoms with Gasteiger partial charge in [0.2, 0.25) is 5.78 Å². The first-order chi connectivity index (χ1) is 17.8. The first-order valence-electron chi connectivity index (χ1n) is 12.3. The van der Waals surface area contributed by atoms with Crippen molar-refractivity contribution in [2.45, 2.75) is 57.7 Å². The first-order valence-corrected chi connectivity index (χ1v) is 12.3. The van der Waals surface area contributed by atoms with Crippen LogP contribution in [0.15, 0.2) is 59.8 Å². The molecule has 2 heterocycles. The predicted molar refractivity (Wildman–Crippen MR) is 139 cm³/mol. The van der Waals surface area contributed by atoms with E-state index in [-0.39, 0.29) is 22.5 Å². The van der Waals surface area contributed by atoms with Crippen molar-refractivity contribution in [3.05, 3.63) is 88.0 Å². The number of hydrogen-bond donors (Lipinski definition) is 2. The van der Waals surface area contributed by atoms with Crippen LogP contribution in [0.25, 0.3) is 17.0 Å². The molecule has 3 N–H and O–H groups in total. The maximum atomic E-state index is 14.7. The molecule has 0 radical (unpaired) electrons. The van der Waals surface area contributed by atoms with Crippen LogP contribution in [-0.2, 0) is 12.1 Å². The lowest BCUT2D eigenvalue weighted by Crippen LogP contribution is -2.38. The number of benzene rings is 1. The van der Waals surface area contributed by atoms with Crippen LogP contribution in [0.4, 0.5) is 4.39 Å². The largest absolute Gasteiger partial charge is 0.398 e. The quantitative estimate of drug-likeness (QED) is 0.319. The number of halogens is 1. The van der Waals surface area contributed by atoms with E-state index < -0.39 is 17.1 Å². The van der Waals surface area contributed by atoms with E-state index in [4.69, 9.17) is 5.73 Å². The Balaban J connectivity index is 1.59. The predicted octanol–water partition coefficient (Wildman–Crippen LogP) is 3.92. The van der Waals surface area contributed by atoms with Gasteiger partial charge in [0.15, 0.2) is 0 Å². The third-order valence-corrected chi connectivity index (χ3v) is 6.74. The normalized spacial score (nSPS) is 13.8. The number of nitrogens with zero attached hydrogens (tertiary/aromatic N) is 4. The molecule has 3 aromatic rings.